The van der Waals surface area contributed by atoms with Crippen molar-refractivity contribution in [2.75, 3.05) is 13.4 Å². The summed E-state index contributed by atoms with van der Waals surface area (Å²) in [7, 11) is 1.59. The molecule has 0 unspecified atom stereocenters. The van der Waals surface area contributed by atoms with Crippen molar-refractivity contribution in [1.29, 1.82) is 0 Å². The number of nitrogens with one attached hydrogen (secondary N) is 1. The number of ether oxygens (including phenoxy) is 1. The molecular weight excluding hydrogens is 306 g/mol. The number of methoxy groups -OCH3 is 1. The molecule has 0 aliphatic heterocycles. The lowest BCUT2D eigenvalue weighted by Gasteiger charge is -2.10. The van der Waals surface area contributed by atoms with E-state index in [1.54, 1.807) is 37.1 Å². The standard InChI is InChI=1S/C16H16ClNO2S/c1-20-15-8-5-13(17)9-12(15)10-18-16(19)11-3-6-14(21-2)7-4-11/h3-9H,10H2,1-2H3,(H,18,19). The smallest absolute Gasteiger partial charge is 0.251 e. The summed E-state index contributed by atoms with van der Waals surface area (Å²) in [6, 6.07) is 12.8. The molecule has 0 atom stereocenters. The van der Waals surface area contributed by atoms with Crippen molar-refractivity contribution >= 4 is 29.3 Å². The summed E-state index contributed by atoms with van der Waals surface area (Å²) < 4.78 is 5.26. The first-order valence-corrected chi connectivity index (χ1v) is 7.99. The van der Waals surface area contributed by atoms with Crippen molar-refractivity contribution in [3.8, 4) is 5.75 Å². The highest BCUT2D eigenvalue weighted by atomic mass is 35.5. The molecule has 0 fully saturated rings. The van der Waals surface area contributed by atoms with E-state index in [0.717, 1.165) is 10.5 Å². The Bertz CT molecular complexity index is 629. The summed E-state index contributed by atoms with van der Waals surface area (Å²) in [5.41, 5.74) is 1.48. The molecule has 0 saturated heterocycles. The Morgan fingerprint density at radius 2 is 1.95 bits per heavy atom. The van der Waals surface area contributed by atoms with E-state index >= 15 is 0 Å². The highest BCUT2D eigenvalue weighted by molar-refractivity contribution is 7.98. The topological polar surface area (TPSA) is 38.3 Å². The second-order valence-corrected chi connectivity index (χ2v) is 5.68. The predicted molar refractivity (Wildman–Crippen MR) is 87.4 cm³/mol. The van der Waals surface area contributed by atoms with Crippen LogP contribution in [0.4, 0.5) is 0 Å². The molecule has 2 aromatic carbocycles. The molecule has 3 nitrogen and oxygen atoms in total. The molecule has 1 N–H and O–H groups in total. The van der Waals surface area contributed by atoms with Crippen molar-refractivity contribution in [1.82, 2.24) is 5.32 Å². The van der Waals surface area contributed by atoms with Gasteiger partial charge in [-0.1, -0.05) is 11.6 Å². The van der Waals surface area contributed by atoms with Crippen LogP contribution in [0.2, 0.25) is 5.02 Å². The van der Waals surface area contributed by atoms with Crippen LogP contribution in [0.25, 0.3) is 0 Å². The molecule has 2 rings (SSSR count). The Hall–Kier alpha value is -1.65. The Morgan fingerprint density at radius 3 is 2.57 bits per heavy atom. The first-order chi connectivity index (χ1) is 10.1. The zero-order valence-electron chi connectivity index (χ0n) is 11.9. The van der Waals surface area contributed by atoms with Gasteiger partial charge in [-0.3, -0.25) is 4.79 Å². The number of benzene rings is 2. The number of halogens is 1. The third kappa shape index (κ3) is 4.16. The van der Waals surface area contributed by atoms with Gasteiger partial charge < -0.3 is 10.1 Å². The maximum atomic E-state index is 12.1. The number of carbonyl (C=O) groups is 1. The number of thioether (sulfide) groups is 1. The summed E-state index contributed by atoms with van der Waals surface area (Å²) in [6.45, 7) is 0.368. The summed E-state index contributed by atoms with van der Waals surface area (Å²) >= 11 is 7.61. The van der Waals surface area contributed by atoms with Crippen molar-refractivity contribution < 1.29 is 9.53 Å². The maximum Gasteiger partial charge on any atom is 0.251 e. The fourth-order valence-corrected chi connectivity index (χ4v) is 2.51. The highest BCUT2D eigenvalue weighted by Crippen LogP contribution is 2.22. The van der Waals surface area contributed by atoms with Gasteiger partial charge >= 0.3 is 0 Å². The van der Waals surface area contributed by atoms with Gasteiger partial charge in [-0.25, -0.2) is 0 Å². The first kappa shape index (κ1) is 15.7. The zero-order valence-corrected chi connectivity index (χ0v) is 13.4. The lowest BCUT2D eigenvalue weighted by atomic mass is 10.1. The lowest BCUT2D eigenvalue weighted by molar-refractivity contribution is 0.0950. The van der Waals surface area contributed by atoms with E-state index in [9.17, 15) is 4.79 Å². The quantitative estimate of drug-likeness (QED) is 0.846. The van der Waals surface area contributed by atoms with Gasteiger partial charge in [-0.05, 0) is 48.7 Å². The molecule has 0 aliphatic rings. The number of hydrogen-bond donors (Lipinski definition) is 1. The largest absolute Gasteiger partial charge is 0.496 e. The Kier molecular flexibility index (Phi) is 5.53. The van der Waals surface area contributed by atoms with E-state index < -0.39 is 0 Å². The van der Waals surface area contributed by atoms with Crippen LogP contribution in [0.1, 0.15) is 15.9 Å². The van der Waals surface area contributed by atoms with Crippen LogP contribution in [-0.2, 0) is 6.54 Å². The molecule has 0 heterocycles. The second-order valence-electron chi connectivity index (χ2n) is 4.37. The monoisotopic (exact) mass is 321 g/mol. The summed E-state index contributed by atoms with van der Waals surface area (Å²) in [4.78, 5) is 13.2. The van der Waals surface area contributed by atoms with E-state index in [1.165, 1.54) is 0 Å². The van der Waals surface area contributed by atoms with Crippen LogP contribution in [0.3, 0.4) is 0 Å². The fraction of sp³-hybridized carbons (Fsp3) is 0.188. The van der Waals surface area contributed by atoms with Gasteiger partial charge in [0.05, 0.1) is 7.11 Å². The van der Waals surface area contributed by atoms with E-state index in [-0.39, 0.29) is 5.91 Å². The fourth-order valence-electron chi connectivity index (χ4n) is 1.91. The Morgan fingerprint density at radius 1 is 1.24 bits per heavy atom. The molecule has 0 aliphatic carbocycles. The average Bonchev–Trinajstić information content (AvgIpc) is 2.52. The molecule has 21 heavy (non-hydrogen) atoms. The normalized spacial score (nSPS) is 10.2. The van der Waals surface area contributed by atoms with Crippen molar-refractivity contribution in [3.63, 3.8) is 0 Å². The van der Waals surface area contributed by atoms with E-state index in [1.807, 2.05) is 30.5 Å². The molecule has 0 bridgehead atoms. The van der Waals surface area contributed by atoms with Gasteiger partial charge in [0.2, 0.25) is 0 Å². The average molecular weight is 322 g/mol. The molecule has 0 aromatic heterocycles. The molecule has 2 aromatic rings. The van der Waals surface area contributed by atoms with Crippen LogP contribution in [-0.4, -0.2) is 19.3 Å². The van der Waals surface area contributed by atoms with Crippen molar-refractivity contribution in [2.24, 2.45) is 0 Å². The second kappa shape index (κ2) is 7.38. The molecule has 0 spiro atoms. The van der Waals surface area contributed by atoms with Crippen LogP contribution in [0, 0.1) is 0 Å². The molecule has 0 saturated carbocycles. The Balaban J connectivity index is 2.05. The van der Waals surface area contributed by atoms with Gasteiger partial charge in [0.25, 0.3) is 5.91 Å². The van der Waals surface area contributed by atoms with Crippen LogP contribution in [0.5, 0.6) is 5.75 Å². The minimum absolute atomic E-state index is 0.121. The number of carbonyl (C=O) groups excluding carboxylic acids is 1. The first-order valence-electron chi connectivity index (χ1n) is 6.38. The number of hydrogen-bond acceptors (Lipinski definition) is 3. The third-order valence-electron chi connectivity index (χ3n) is 3.03. The molecule has 110 valence electrons. The predicted octanol–water partition coefficient (Wildman–Crippen LogP) is 4.00. The minimum atomic E-state index is -0.121. The SMILES string of the molecule is COc1ccc(Cl)cc1CNC(=O)c1ccc(SC)cc1. The summed E-state index contributed by atoms with van der Waals surface area (Å²) in [5.74, 6) is 0.585. The van der Waals surface area contributed by atoms with E-state index in [4.69, 9.17) is 16.3 Å². The van der Waals surface area contributed by atoms with E-state index in [2.05, 4.69) is 5.32 Å². The Labute approximate surface area is 133 Å². The maximum absolute atomic E-state index is 12.1. The molecule has 0 radical (unpaired) electrons. The molecule has 5 heteroatoms. The lowest BCUT2D eigenvalue weighted by Crippen LogP contribution is -2.23. The zero-order chi connectivity index (χ0) is 15.2. The van der Waals surface area contributed by atoms with E-state index in [0.29, 0.717) is 22.9 Å². The minimum Gasteiger partial charge on any atom is -0.496 e. The third-order valence-corrected chi connectivity index (χ3v) is 4.01. The molecule has 1 amide bonds. The van der Waals surface area contributed by atoms with Crippen molar-refractivity contribution in [3.05, 3.63) is 58.6 Å². The van der Waals surface area contributed by atoms with Gasteiger partial charge in [0.1, 0.15) is 5.75 Å². The number of amides is 1. The van der Waals surface area contributed by atoms with Crippen LogP contribution >= 0.6 is 23.4 Å². The van der Waals surface area contributed by atoms with Crippen molar-refractivity contribution in [2.45, 2.75) is 11.4 Å². The van der Waals surface area contributed by atoms with Crippen LogP contribution in [0.15, 0.2) is 47.4 Å². The summed E-state index contributed by atoms with van der Waals surface area (Å²) in [5, 5.41) is 3.49. The summed E-state index contributed by atoms with van der Waals surface area (Å²) in [6.07, 6.45) is 2.00. The van der Waals surface area contributed by atoms with Gasteiger partial charge in [0.15, 0.2) is 0 Å². The van der Waals surface area contributed by atoms with Gasteiger partial charge in [-0.15, -0.1) is 11.8 Å². The highest BCUT2D eigenvalue weighted by Gasteiger charge is 2.08. The van der Waals surface area contributed by atoms with Gasteiger partial charge in [0, 0.05) is 27.6 Å². The van der Waals surface area contributed by atoms with Crippen LogP contribution < -0.4 is 10.1 Å². The van der Waals surface area contributed by atoms with Gasteiger partial charge in [-0.2, -0.15) is 0 Å². The number of rotatable bonds is 5. The molecular formula is C16H16ClNO2S.